The highest BCUT2D eigenvalue weighted by Gasteiger charge is 2.05. The number of nitrogens with zero attached hydrogens (tertiary/aromatic N) is 6. The Labute approximate surface area is 324 Å². The van der Waals surface area contributed by atoms with Gasteiger partial charge in [-0.2, -0.15) is 0 Å². The van der Waals surface area contributed by atoms with Crippen LogP contribution in [0.4, 0.5) is 0 Å². The Morgan fingerprint density at radius 1 is 0.213 bits per heavy atom. The third-order valence-electron chi connectivity index (χ3n) is 4.62. The Balaban J connectivity index is -0.0000000360. The van der Waals surface area contributed by atoms with E-state index in [-0.39, 0.29) is 102 Å². The van der Waals surface area contributed by atoms with Gasteiger partial charge in [-0.3, -0.25) is 0 Å². The standard InChI is InChI=1S/6C5H14NO.5ClH/c6*1-6(2,3)4-5-7;;;;;/h6*7H,4-5H2,1-3H3;5*1H/q6*+1;;;;;. The third-order valence-corrected chi connectivity index (χ3v) is 4.62. The SMILES string of the molecule is C[N+](C)(C)CCO.C[N+](C)(C)CCO.C[N+](C)(C)CCO.C[N+](C)(C)CCO.C[N+](C)(C)CCO.C[N+](C)(C)CCO.Cl.Cl.Cl.Cl.Cl. The van der Waals surface area contributed by atoms with Crippen molar-refractivity contribution in [3.8, 4) is 0 Å². The van der Waals surface area contributed by atoms with Crippen LogP contribution in [-0.2, 0) is 0 Å². The van der Waals surface area contributed by atoms with Crippen LogP contribution < -0.4 is 0 Å². The summed E-state index contributed by atoms with van der Waals surface area (Å²) in [6.45, 7) is 6.69. The first-order valence-corrected chi connectivity index (χ1v) is 14.8. The maximum Gasteiger partial charge on any atom is 0.101 e. The summed E-state index contributed by atoms with van der Waals surface area (Å²) >= 11 is 0. The molecule has 0 amide bonds. The molecular formula is C30H89Cl5N6O6+6. The molecule has 0 aliphatic carbocycles. The van der Waals surface area contributed by atoms with E-state index in [1.54, 1.807) is 0 Å². The fraction of sp³-hybridized carbons (Fsp3) is 1.00. The van der Waals surface area contributed by atoms with E-state index >= 15 is 0 Å². The fourth-order valence-electron chi connectivity index (χ4n) is 1.80. The van der Waals surface area contributed by atoms with Gasteiger partial charge in [0.1, 0.15) is 39.3 Å². The molecule has 0 aliphatic rings. The molecule has 0 rings (SSSR count). The predicted octanol–water partition coefficient (Wildman–Crippen LogP) is 0.218. The van der Waals surface area contributed by atoms with Gasteiger partial charge in [-0.1, -0.05) is 0 Å². The summed E-state index contributed by atoms with van der Waals surface area (Å²) in [4.78, 5) is 0. The molecule has 12 nitrogen and oxygen atoms in total. The van der Waals surface area contributed by atoms with Crippen molar-refractivity contribution in [3.63, 3.8) is 0 Å². The molecule has 47 heavy (non-hydrogen) atoms. The molecule has 0 aromatic carbocycles. The molecule has 0 aliphatic heterocycles. The summed E-state index contributed by atoms with van der Waals surface area (Å²) in [6.07, 6.45) is 0. The van der Waals surface area contributed by atoms with E-state index in [1.807, 2.05) is 0 Å². The second-order valence-corrected chi connectivity index (χ2v) is 16.4. The number of hydrogen-bond acceptors (Lipinski definition) is 6. The highest BCUT2D eigenvalue weighted by Crippen LogP contribution is 1.87. The molecule has 17 heteroatoms. The first-order valence-electron chi connectivity index (χ1n) is 14.8. The number of aliphatic hydroxyl groups is 6. The number of rotatable bonds is 12. The fourth-order valence-corrected chi connectivity index (χ4v) is 1.80. The van der Waals surface area contributed by atoms with Crippen LogP contribution in [0, 0.1) is 0 Å². The largest absolute Gasteiger partial charge is 0.391 e. The maximum atomic E-state index is 8.39. The summed E-state index contributed by atoms with van der Waals surface area (Å²) in [5.41, 5.74) is 0. The summed E-state index contributed by atoms with van der Waals surface area (Å²) in [5, 5.41) is 50.3. The maximum absolute atomic E-state index is 8.39. The average Bonchev–Trinajstić information content (AvgIpc) is 2.64. The number of quaternary nitrogens is 6. The van der Waals surface area contributed by atoms with Crippen LogP contribution in [0.2, 0.25) is 0 Å². The summed E-state index contributed by atoms with van der Waals surface area (Å²) < 4.78 is 5.06. The monoisotopic (exact) mass is 805 g/mol. The Kier molecular flexibility index (Phi) is 68.2. The van der Waals surface area contributed by atoms with E-state index in [0.29, 0.717) is 0 Å². The molecule has 0 atom stereocenters. The van der Waals surface area contributed by atoms with Crippen molar-refractivity contribution >= 4 is 62.0 Å². The van der Waals surface area contributed by atoms with Crippen LogP contribution >= 0.6 is 62.0 Å². The molecule has 304 valence electrons. The molecule has 0 bridgehead atoms. The Hall–Kier alpha value is 0.970. The molecule has 0 saturated carbocycles. The lowest BCUT2D eigenvalue weighted by atomic mass is 10.5. The van der Waals surface area contributed by atoms with Gasteiger partial charge in [0.15, 0.2) is 0 Å². The molecular weight excluding hydrogens is 718 g/mol. The highest BCUT2D eigenvalue weighted by molar-refractivity contribution is 5.86. The van der Waals surface area contributed by atoms with Gasteiger partial charge < -0.3 is 57.5 Å². The first kappa shape index (κ1) is 77.4. The van der Waals surface area contributed by atoms with E-state index < -0.39 is 0 Å². The van der Waals surface area contributed by atoms with Crippen molar-refractivity contribution in [1.82, 2.24) is 0 Å². The third kappa shape index (κ3) is 152. The van der Waals surface area contributed by atoms with E-state index in [9.17, 15) is 0 Å². The molecule has 6 N–H and O–H groups in total. The molecule has 0 radical (unpaired) electrons. The van der Waals surface area contributed by atoms with Crippen LogP contribution in [0.15, 0.2) is 0 Å². The molecule has 0 saturated heterocycles. The summed E-state index contributed by atoms with van der Waals surface area (Å²) in [7, 11) is 36.9. The number of hydrogen-bond donors (Lipinski definition) is 6. The Morgan fingerprint density at radius 3 is 0.277 bits per heavy atom. The molecule has 0 unspecified atom stereocenters. The number of halogens is 5. The van der Waals surface area contributed by atoms with Gasteiger partial charge in [-0.25, -0.2) is 0 Å². The highest BCUT2D eigenvalue weighted by atomic mass is 35.5. The average molecular weight is 807 g/mol. The smallest absolute Gasteiger partial charge is 0.101 e. The second kappa shape index (κ2) is 41.4. The lowest BCUT2D eigenvalue weighted by Crippen LogP contribution is -2.36. The van der Waals surface area contributed by atoms with Gasteiger partial charge in [0.2, 0.25) is 0 Å². The van der Waals surface area contributed by atoms with Gasteiger partial charge >= 0.3 is 0 Å². The molecule has 0 aromatic heterocycles. The van der Waals surface area contributed by atoms with Gasteiger partial charge in [0, 0.05) is 0 Å². The van der Waals surface area contributed by atoms with Crippen LogP contribution in [-0.4, -0.2) is 263 Å². The minimum Gasteiger partial charge on any atom is -0.391 e. The Morgan fingerprint density at radius 2 is 0.277 bits per heavy atom. The van der Waals surface area contributed by atoms with Crippen molar-refractivity contribution in [2.75, 3.05) is 206 Å². The van der Waals surface area contributed by atoms with Crippen molar-refractivity contribution < 1.29 is 57.5 Å². The Bertz CT molecular complexity index is 426. The quantitative estimate of drug-likeness (QED) is 0.157. The molecule has 0 fully saturated rings. The van der Waals surface area contributed by atoms with Gasteiger partial charge in [0.25, 0.3) is 0 Å². The zero-order valence-electron chi connectivity index (χ0n) is 33.9. The van der Waals surface area contributed by atoms with Gasteiger partial charge in [-0.15, -0.1) is 62.0 Å². The van der Waals surface area contributed by atoms with Crippen LogP contribution in [0.5, 0.6) is 0 Å². The number of aliphatic hydroxyl groups excluding tert-OH is 6. The summed E-state index contributed by atoms with van der Waals surface area (Å²) in [5.74, 6) is 0. The lowest BCUT2D eigenvalue weighted by molar-refractivity contribution is -0.870. The van der Waals surface area contributed by atoms with Crippen molar-refractivity contribution in [1.29, 1.82) is 0 Å². The lowest BCUT2D eigenvalue weighted by Gasteiger charge is -2.21. The van der Waals surface area contributed by atoms with E-state index in [1.165, 1.54) is 0 Å². The topological polar surface area (TPSA) is 121 Å². The van der Waals surface area contributed by atoms with E-state index in [2.05, 4.69) is 127 Å². The minimum atomic E-state index is 0. The zero-order chi connectivity index (χ0) is 35.5. The van der Waals surface area contributed by atoms with Crippen molar-refractivity contribution in [2.24, 2.45) is 0 Å². The van der Waals surface area contributed by atoms with Crippen LogP contribution in [0.1, 0.15) is 0 Å². The molecule has 0 heterocycles. The summed E-state index contributed by atoms with van der Waals surface area (Å²) in [6, 6.07) is 0. The second-order valence-electron chi connectivity index (χ2n) is 16.4. The van der Waals surface area contributed by atoms with Gasteiger partial charge in [-0.05, 0) is 0 Å². The predicted molar refractivity (Wildman–Crippen MR) is 216 cm³/mol. The van der Waals surface area contributed by atoms with Gasteiger partial charge in [0.05, 0.1) is 166 Å². The van der Waals surface area contributed by atoms with Crippen LogP contribution in [0.25, 0.3) is 0 Å². The molecule has 0 aromatic rings. The zero-order valence-corrected chi connectivity index (χ0v) is 38.0. The number of likely N-dealkylation sites (N-methyl/N-ethyl adjacent to an activating group) is 6. The van der Waals surface area contributed by atoms with E-state index in [0.717, 1.165) is 66.2 Å². The van der Waals surface area contributed by atoms with E-state index in [4.69, 9.17) is 30.6 Å². The molecule has 0 spiro atoms. The minimum absolute atomic E-state index is 0. The first-order chi connectivity index (χ1) is 18.4. The van der Waals surface area contributed by atoms with Crippen LogP contribution in [0.3, 0.4) is 0 Å². The van der Waals surface area contributed by atoms with Crippen molar-refractivity contribution in [2.45, 2.75) is 0 Å². The normalized spacial score (nSPS) is 10.7. The van der Waals surface area contributed by atoms with Crippen molar-refractivity contribution in [3.05, 3.63) is 0 Å².